The molecule has 16 heavy (non-hydrogen) atoms. The molecule has 0 saturated carbocycles. The molecule has 2 rings (SSSR count). The molecular formula is C11H6BrClN2O. The molecule has 0 aliphatic carbocycles. The molecule has 0 fully saturated rings. The minimum Gasteiger partial charge on any atom is -0.496 e. The number of hydrogen-bond acceptors (Lipinski definition) is 3. The third kappa shape index (κ3) is 1.62. The van der Waals surface area contributed by atoms with Gasteiger partial charge in [0, 0.05) is 10.7 Å². The van der Waals surface area contributed by atoms with Gasteiger partial charge in [-0.1, -0.05) is 11.6 Å². The van der Waals surface area contributed by atoms with Crippen molar-refractivity contribution >= 4 is 38.4 Å². The summed E-state index contributed by atoms with van der Waals surface area (Å²) in [7, 11) is 1.55. The monoisotopic (exact) mass is 296 g/mol. The van der Waals surface area contributed by atoms with E-state index in [0.29, 0.717) is 27.2 Å². The molecule has 0 unspecified atom stereocenters. The maximum absolute atomic E-state index is 8.88. The number of nitrogens with zero attached hydrogens (tertiary/aromatic N) is 2. The number of aromatic nitrogens is 1. The molecule has 0 bridgehead atoms. The highest BCUT2D eigenvalue weighted by atomic mass is 79.9. The predicted octanol–water partition coefficient (Wildman–Crippen LogP) is 3.53. The summed E-state index contributed by atoms with van der Waals surface area (Å²) in [5, 5.41) is 9.90. The van der Waals surface area contributed by atoms with Crippen LogP contribution in [0.5, 0.6) is 5.75 Å². The van der Waals surface area contributed by atoms with Crippen molar-refractivity contribution in [2.75, 3.05) is 7.11 Å². The molecule has 1 heterocycles. The van der Waals surface area contributed by atoms with Crippen molar-refractivity contribution in [1.29, 1.82) is 5.26 Å². The summed E-state index contributed by atoms with van der Waals surface area (Å²) in [6, 6.07) is 5.60. The van der Waals surface area contributed by atoms with Crippen LogP contribution in [0.4, 0.5) is 0 Å². The van der Waals surface area contributed by atoms with Crippen molar-refractivity contribution in [3.05, 3.63) is 33.4 Å². The number of pyridine rings is 1. The lowest BCUT2D eigenvalue weighted by molar-refractivity contribution is 0.419. The van der Waals surface area contributed by atoms with Crippen molar-refractivity contribution < 1.29 is 4.74 Å². The fourth-order valence-electron chi connectivity index (χ4n) is 1.45. The van der Waals surface area contributed by atoms with Crippen LogP contribution < -0.4 is 4.74 Å². The van der Waals surface area contributed by atoms with E-state index >= 15 is 0 Å². The first kappa shape index (κ1) is 11.2. The summed E-state index contributed by atoms with van der Waals surface area (Å²) in [6.45, 7) is 0. The van der Waals surface area contributed by atoms with E-state index in [0.717, 1.165) is 4.47 Å². The molecule has 1 aromatic heterocycles. The average molecular weight is 298 g/mol. The Bertz CT molecular complexity index is 607. The van der Waals surface area contributed by atoms with E-state index in [1.807, 2.05) is 12.1 Å². The van der Waals surface area contributed by atoms with E-state index in [4.69, 9.17) is 21.6 Å². The van der Waals surface area contributed by atoms with Gasteiger partial charge in [-0.3, -0.25) is 4.98 Å². The molecule has 3 nitrogen and oxygen atoms in total. The molecule has 0 aliphatic rings. The Kier molecular flexibility index (Phi) is 2.99. The minimum atomic E-state index is 0.338. The summed E-state index contributed by atoms with van der Waals surface area (Å²) in [5.74, 6) is 0.604. The summed E-state index contributed by atoms with van der Waals surface area (Å²) < 4.78 is 6.02. The highest BCUT2D eigenvalue weighted by molar-refractivity contribution is 9.10. The van der Waals surface area contributed by atoms with Crippen LogP contribution >= 0.6 is 27.5 Å². The molecule has 0 atom stereocenters. The fourth-order valence-corrected chi connectivity index (χ4v) is 2.16. The Morgan fingerprint density at radius 1 is 1.50 bits per heavy atom. The third-order valence-electron chi connectivity index (χ3n) is 2.21. The lowest BCUT2D eigenvalue weighted by atomic mass is 10.1. The van der Waals surface area contributed by atoms with Gasteiger partial charge in [-0.2, -0.15) is 5.26 Å². The number of benzene rings is 1. The van der Waals surface area contributed by atoms with Crippen LogP contribution in [-0.2, 0) is 0 Å². The normalized spacial score (nSPS) is 10.1. The summed E-state index contributed by atoms with van der Waals surface area (Å²) >= 11 is 9.52. The second kappa shape index (κ2) is 4.28. The second-order valence-corrected chi connectivity index (χ2v) is 4.30. The standard InChI is InChI=1S/C11H6BrClN2O/c1-16-8-3-2-7(12)11-9(8)10(13)6(4-14)5-15-11/h2-3,5H,1H3. The predicted molar refractivity (Wildman–Crippen MR) is 65.7 cm³/mol. The number of fused-ring (bicyclic) bond motifs is 1. The number of methoxy groups -OCH3 is 1. The van der Waals surface area contributed by atoms with Gasteiger partial charge in [-0.05, 0) is 28.1 Å². The van der Waals surface area contributed by atoms with Crippen LogP contribution in [0, 0.1) is 11.3 Å². The van der Waals surface area contributed by atoms with E-state index in [2.05, 4.69) is 20.9 Å². The molecule has 0 saturated heterocycles. The largest absolute Gasteiger partial charge is 0.496 e. The summed E-state index contributed by atoms with van der Waals surface area (Å²) in [5.41, 5.74) is 1.02. The zero-order chi connectivity index (χ0) is 11.7. The molecule has 0 spiro atoms. The van der Waals surface area contributed by atoms with Gasteiger partial charge in [-0.25, -0.2) is 0 Å². The van der Waals surface area contributed by atoms with Crippen molar-refractivity contribution in [2.24, 2.45) is 0 Å². The van der Waals surface area contributed by atoms with Crippen LogP contribution in [0.15, 0.2) is 22.8 Å². The Hall–Kier alpha value is -1.31. The number of rotatable bonds is 1. The van der Waals surface area contributed by atoms with Crippen LogP contribution in [0.2, 0.25) is 5.02 Å². The summed E-state index contributed by atoms with van der Waals surface area (Å²) in [6.07, 6.45) is 1.45. The first-order valence-electron chi connectivity index (χ1n) is 4.40. The molecule has 5 heteroatoms. The SMILES string of the molecule is COc1ccc(Br)c2ncc(C#N)c(Cl)c12. The van der Waals surface area contributed by atoms with Gasteiger partial charge in [0.15, 0.2) is 0 Å². The molecule has 0 N–H and O–H groups in total. The van der Waals surface area contributed by atoms with E-state index in [1.54, 1.807) is 13.2 Å². The van der Waals surface area contributed by atoms with Gasteiger partial charge < -0.3 is 4.74 Å². The Balaban J connectivity index is 2.96. The highest BCUT2D eigenvalue weighted by Crippen LogP contribution is 2.36. The van der Waals surface area contributed by atoms with Crippen molar-refractivity contribution in [3.8, 4) is 11.8 Å². The minimum absolute atomic E-state index is 0.338. The average Bonchev–Trinajstić information content (AvgIpc) is 2.31. The lowest BCUT2D eigenvalue weighted by Crippen LogP contribution is -1.91. The van der Waals surface area contributed by atoms with E-state index in [9.17, 15) is 0 Å². The topological polar surface area (TPSA) is 45.9 Å². The number of ether oxygens (including phenoxy) is 1. The molecule has 0 aliphatic heterocycles. The second-order valence-electron chi connectivity index (χ2n) is 3.07. The zero-order valence-corrected chi connectivity index (χ0v) is 10.6. The molecule has 0 amide bonds. The van der Waals surface area contributed by atoms with Gasteiger partial charge in [0.25, 0.3) is 0 Å². The molecule has 0 radical (unpaired) electrons. The maximum atomic E-state index is 8.88. The van der Waals surface area contributed by atoms with E-state index < -0.39 is 0 Å². The highest BCUT2D eigenvalue weighted by Gasteiger charge is 2.13. The molecule has 1 aromatic carbocycles. The van der Waals surface area contributed by atoms with Gasteiger partial charge in [0.05, 0.1) is 28.6 Å². The first-order chi connectivity index (χ1) is 7.69. The number of halogens is 2. The van der Waals surface area contributed by atoms with Crippen LogP contribution in [0.3, 0.4) is 0 Å². The molecule has 2 aromatic rings. The smallest absolute Gasteiger partial charge is 0.129 e. The zero-order valence-electron chi connectivity index (χ0n) is 8.29. The number of nitriles is 1. The van der Waals surface area contributed by atoms with Crippen LogP contribution in [0.1, 0.15) is 5.56 Å². The van der Waals surface area contributed by atoms with Gasteiger partial charge in [0.1, 0.15) is 11.8 Å². The number of hydrogen-bond donors (Lipinski definition) is 0. The van der Waals surface area contributed by atoms with Gasteiger partial charge in [0.2, 0.25) is 0 Å². The molecular weight excluding hydrogens is 291 g/mol. The first-order valence-corrected chi connectivity index (χ1v) is 5.57. The lowest BCUT2D eigenvalue weighted by Gasteiger charge is -2.08. The van der Waals surface area contributed by atoms with Crippen LogP contribution in [-0.4, -0.2) is 12.1 Å². The van der Waals surface area contributed by atoms with E-state index in [1.165, 1.54) is 6.20 Å². The Morgan fingerprint density at radius 3 is 2.88 bits per heavy atom. The van der Waals surface area contributed by atoms with Gasteiger partial charge >= 0.3 is 0 Å². The van der Waals surface area contributed by atoms with Crippen LogP contribution in [0.25, 0.3) is 10.9 Å². The maximum Gasteiger partial charge on any atom is 0.129 e. The quantitative estimate of drug-likeness (QED) is 0.809. The summed E-state index contributed by atoms with van der Waals surface area (Å²) in [4.78, 5) is 4.19. The Morgan fingerprint density at radius 2 is 2.25 bits per heavy atom. The van der Waals surface area contributed by atoms with E-state index in [-0.39, 0.29) is 0 Å². The third-order valence-corrected chi connectivity index (χ3v) is 3.24. The van der Waals surface area contributed by atoms with Gasteiger partial charge in [-0.15, -0.1) is 0 Å². The Labute approximate surface area is 106 Å². The molecule has 80 valence electrons. The van der Waals surface area contributed by atoms with Crippen molar-refractivity contribution in [3.63, 3.8) is 0 Å². The van der Waals surface area contributed by atoms with Crippen molar-refractivity contribution in [1.82, 2.24) is 4.98 Å². The fraction of sp³-hybridized carbons (Fsp3) is 0.0909. The van der Waals surface area contributed by atoms with Crippen molar-refractivity contribution in [2.45, 2.75) is 0 Å².